The molecule has 5 heteroatoms. The zero-order chi connectivity index (χ0) is 10.0. The van der Waals surface area contributed by atoms with E-state index in [1.165, 1.54) is 0 Å². The molecule has 0 bridgehead atoms. The molecule has 0 atom stereocenters. The van der Waals surface area contributed by atoms with Gasteiger partial charge in [0, 0.05) is 13.6 Å². The van der Waals surface area contributed by atoms with E-state index in [-0.39, 0.29) is 5.91 Å². The van der Waals surface area contributed by atoms with Gasteiger partial charge in [-0.25, -0.2) is 0 Å². The lowest BCUT2D eigenvalue weighted by molar-refractivity contribution is 0.0949. The summed E-state index contributed by atoms with van der Waals surface area (Å²) in [5, 5.41) is 6.78. The van der Waals surface area contributed by atoms with Gasteiger partial charge in [0.15, 0.2) is 5.69 Å². The normalized spacial score (nSPS) is 10.2. The van der Waals surface area contributed by atoms with Crippen LogP contribution in [0, 0.1) is 6.92 Å². The zero-order valence-corrected chi connectivity index (χ0v) is 9.47. The van der Waals surface area contributed by atoms with Crippen LogP contribution in [0.2, 0.25) is 0 Å². The molecular weight excluding hydrogens is 234 g/mol. The first-order valence-electron chi connectivity index (χ1n) is 4.05. The maximum absolute atomic E-state index is 11.4. The molecular formula is C8H12BrN3O. The number of carbonyl (C=O) groups is 1. The summed E-state index contributed by atoms with van der Waals surface area (Å²) < 4.78 is 2.44. The third kappa shape index (κ3) is 1.91. The molecule has 0 saturated carbocycles. The van der Waals surface area contributed by atoms with Gasteiger partial charge >= 0.3 is 0 Å². The molecule has 0 spiro atoms. The summed E-state index contributed by atoms with van der Waals surface area (Å²) in [5.41, 5.74) is 1.39. The van der Waals surface area contributed by atoms with E-state index in [0.29, 0.717) is 12.2 Å². The Bertz CT molecular complexity index is 332. The summed E-state index contributed by atoms with van der Waals surface area (Å²) in [5.74, 6) is -0.141. The van der Waals surface area contributed by atoms with Crippen LogP contribution in [0.25, 0.3) is 0 Å². The van der Waals surface area contributed by atoms with Crippen molar-refractivity contribution >= 4 is 21.8 Å². The summed E-state index contributed by atoms with van der Waals surface area (Å²) in [6, 6.07) is 0. The van der Waals surface area contributed by atoms with Gasteiger partial charge in [-0.1, -0.05) is 0 Å². The maximum Gasteiger partial charge on any atom is 0.272 e. The standard InChI is InChI=1S/C8H12BrN3O/c1-4-10-8(13)7-6(9)5(2)12(3)11-7/h4H2,1-3H3,(H,10,13). The van der Waals surface area contributed by atoms with Crippen LogP contribution in [0.5, 0.6) is 0 Å². The predicted molar refractivity (Wildman–Crippen MR) is 53.7 cm³/mol. The zero-order valence-electron chi connectivity index (χ0n) is 7.89. The first-order valence-corrected chi connectivity index (χ1v) is 4.84. The molecule has 1 N–H and O–H groups in total. The van der Waals surface area contributed by atoms with Gasteiger partial charge in [-0.15, -0.1) is 0 Å². The summed E-state index contributed by atoms with van der Waals surface area (Å²) in [6.45, 7) is 4.39. The number of aryl methyl sites for hydroxylation is 1. The van der Waals surface area contributed by atoms with E-state index in [4.69, 9.17) is 0 Å². The van der Waals surface area contributed by atoms with E-state index >= 15 is 0 Å². The van der Waals surface area contributed by atoms with Crippen molar-refractivity contribution in [3.63, 3.8) is 0 Å². The van der Waals surface area contributed by atoms with Gasteiger partial charge < -0.3 is 5.32 Å². The van der Waals surface area contributed by atoms with Crippen molar-refractivity contribution < 1.29 is 4.79 Å². The van der Waals surface area contributed by atoms with Crippen LogP contribution in [0.15, 0.2) is 4.47 Å². The van der Waals surface area contributed by atoms with Gasteiger partial charge in [-0.3, -0.25) is 9.48 Å². The average Bonchev–Trinajstić information content (AvgIpc) is 2.33. The Balaban J connectivity index is 3.01. The van der Waals surface area contributed by atoms with Gasteiger partial charge in [0.25, 0.3) is 5.91 Å². The highest BCUT2D eigenvalue weighted by atomic mass is 79.9. The van der Waals surface area contributed by atoms with Crippen LogP contribution in [0.3, 0.4) is 0 Å². The van der Waals surface area contributed by atoms with Gasteiger partial charge in [0.1, 0.15) is 0 Å². The number of amides is 1. The second-order valence-corrected chi connectivity index (χ2v) is 3.52. The number of halogens is 1. The Morgan fingerprint density at radius 2 is 2.31 bits per heavy atom. The summed E-state index contributed by atoms with van der Waals surface area (Å²) >= 11 is 3.33. The Kier molecular flexibility index (Phi) is 3.08. The summed E-state index contributed by atoms with van der Waals surface area (Å²) in [4.78, 5) is 11.4. The highest BCUT2D eigenvalue weighted by Crippen LogP contribution is 2.19. The van der Waals surface area contributed by atoms with Crippen LogP contribution < -0.4 is 5.32 Å². The number of rotatable bonds is 2. The molecule has 1 heterocycles. The highest BCUT2D eigenvalue weighted by Gasteiger charge is 2.16. The van der Waals surface area contributed by atoms with Gasteiger partial charge in [-0.2, -0.15) is 5.10 Å². The molecule has 13 heavy (non-hydrogen) atoms. The Hall–Kier alpha value is -0.840. The molecule has 1 aromatic rings. The molecule has 1 aromatic heterocycles. The second-order valence-electron chi connectivity index (χ2n) is 2.73. The van der Waals surface area contributed by atoms with Crippen molar-refractivity contribution in [2.45, 2.75) is 13.8 Å². The van der Waals surface area contributed by atoms with Gasteiger partial charge in [0.2, 0.25) is 0 Å². The van der Waals surface area contributed by atoms with Crippen LogP contribution in [0.4, 0.5) is 0 Å². The molecule has 0 aromatic carbocycles. The second kappa shape index (κ2) is 3.91. The van der Waals surface area contributed by atoms with Crippen LogP contribution in [-0.4, -0.2) is 22.2 Å². The number of nitrogens with zero attached hydrogens (tertiary/aromatic N) is 2. The largest absolute Gasteiger partial charge is 0.351 e. The average molecular weight is 246 g/mol. The number of nitrogens with one attached hydrogen (secondary N) is 1. The molecule has 1 rings (SSSR count). The SMILES string of the molecule is CCNC(=O)c1nn(C)c(C)c1Br. The van der Waals surface area contributed by atoms with Crippen molar-refractivity contribution in [1.82, 2.24) is 15.1 Å². The molecule has 4 nitrogen and oxygen atoms in total. The van der Waals surface area contributed by atoms with Crippen molar-refractivity contribution in [2.24, 2.45) is 7.05 Å². The topological polar surface area (TPSA) is 46.9 Å². The number of hydrogen-bond donors (Lipinski definition) is 1. The molecule has 0 fully saturated rings. The first kappa shape index (κ1) is 10.2. The summed E-state index contributed by atoms with van der Waals surface area (Å²) in [7, 11) is 1.81. The van der Waals surface area contributed by atoms with Crippen LogP contribution in [0.1, 0.15) is 23.1 Å². The number of carbonyl (C=O) groups excluding carboxylic acids is 1. The minimum atomic E-state index is -0.141. The minimum absolute atomic E-state index is 0.141. The first-order chi connectivity index (χ1) is 6.07. The van der Waals surface area contributed by atoms with Crippen LogP contribution in [-0.2, 0) is 7.05 Å². The molecule has 0 aliphatic rings. The van der Waals surface area contributed by atoms with Crippen molar-refractivity contribution in [2.75, 3.05) is 6.54 Å². The monoisotopic (exact) mass is 245 g/mol. The van der Waals surface area contributed by atoms with Gasteiger partial charge in [-0.05, 0) is 29.8 Å². The fourth-order valence-electron chi connectivity index (χ4n) is 0.972. The lowest BCUT2D eigenvalue weighted by Crippen LogP contribution is -2.23. The van der Waals surface area contributed by atoms with Crippen LogP contribution >= 0.6 is 15.9 Å². The summed E-state index contributed by atoms with van der Waals surface area (Å²) in [6.07, 6.45) is 0. The molecule has 0 radical (unpaired) electrons. The van der Waals surface area contributed by atoms with E-state index in [2.05, 4.69) is 26.3 Å². The number of hydrogen-bond acceptors (Lipinski definition) is 2. The predicted octanol–water partition coefficient (Wildman–Crippen LogP) is 1.24. The fourth-order valence-corrected chi connectivity index (χ4v) is 1.49. The Morgan fingerprint density at radius 1 is 1.69 bits per heavy atom. The smallest absolute Gasteiger partial charge is 0.272 e. The quantitative estimate of drug-likeness (QED) is 0.853. The van der Waals surface area contributed by atoms with E-state index < -0.39 is 0 Å². The molecule has 0 unspecified atom stereocenters. The number of aromatic nitrogens is 2. The lowest BCUT2D eigenvalue weighted by atomic mass is 10.3. The van der Waals surface area contributed by atoms with E-state index in [1.807, 2.05) is 20.9 Å². The lowest BCUT2D eigenvalue weighted by Gasteiger charge is -1.97. The highest BCUT2D eigenvalue weighted by molar-refractivity contribution is 9.10. The molecule has 72 valence electrons. The molecule has 1 amide bonds. The minimum Gasteiger partial charge on any atom is -0.351 e. The van der Waals surface area contributed by atoms with Crippen molar-refractivity contribution in [3.05, 3.63) is 15.9 Å². The Labute approximate surface area is 85.4 Å². The molecule has 0 saturated heterocycles. The molecule has 0 aliphatic carbocycles. The Morgan fingerprint density at radius 3 is 2.69 bits per heavy atom. The van der Waals surface area contributed by atoms with E-state index in [1.54, 1.807) is 4.68 Å². The van der Waals surface area contributed by atoms with E-state index in [9.17, 15) is 4.79 Å². The third-order valence-electron chi connectivity index (χ3n) is 1.81. The maximum atomic E-state index is 11.4. The van der Waals surface area contributed by atoms with E-state index in [0.717, 1.165) is 10.2 Å². The van der Waals surface area contributed by atoms with Gasteiger partial charge in [0.05, 0.1) is 10.2 Å². The third-order valence-corrected chi connectivity index (χ3v) is 2.76. The molecule has 0 aliphatic heterocycles. The fraction of sp³-hybridized carbons (Fsp3) is 0.500. The van der Waals surface area contributed by atoms with Crippen molar-refractivity contribution in [1.29, 1.82) is 0 Å². The van der Waals surface area contributed by atoms with Crippen molar-refractivity contribution in [3.8, 4) is 0 Å².